The van der Waals surface area contributed by atoms with Crippen molar-refractivity contribution in [2.24, 2.45) is 0 Å². The van der Waals surface area contributed by atoms with Gasteiger partial charge in [0.15, 0.2) is 0 Å². The Hall–Kier alpha value is -1.73. The third kappa shape index (κ3) is 2.89. The Morgan fingerprint density at radius 3 is 3.00 bits per heavy atom. The van der Waals surface area contributed by atoms with Gasteiger partial charge in [0.2, 0.25) is 0 Å². The molecule has 1 aliphatic rings. The van der Waals surface area contributed by atoms with Crippen LogP contribution in [0.5, 0.6) is 0 Å². The molecular formula is C13H18N4. The zero-order valence-corrected chi connectivity index (χ0v) is 10.1. The minimum Gasteiger partial charge on any atom is -0.397 e. The van der Waals surface area contributed by atoms with E-state index in [4.69, 9.17) is 11.0 Å². The smallest absolute Gasteiger partial charge is 0.0992 e. The molecule has 1 aromatic rings. The fourth-order valence-electron chi connectivity index (χ4n) is 2.27. The predicted octanol–water partition coefficient (Wildman–Crippen LogP) is 1.65. The van der Waals surface area contributed by atoms with E-state index in [9.17, 15) is 0 Å². The SMILES string of the molecule is CN1CCCC(Nc2ccc(C#N)cc2N)C1. The number of rotatable bonds is 2. The highest BCUT2D eigenvalue weighted by Crippen LogP contribution is 2.22. The maximum Gasteiger partial charge on any atom is 0.0992 e. The highest BCUT2D eigenvalue weighted by molar-refractivity contribution is 5.68. The monoisotopic (exact) mass is 230 g/mol. The first-order chi connectivity index (χ1) is 8.19. The molecule has 1 fully saturated rings. The maximum atomic E-state index is 8.78. The summed E-state index contributed by atoms with van der Waals surface area (Å²) < 4.78 is 0. The number of hydrogen-bond donors (Lipinski definition) is 2. The van der Waals surface area contributed by atoms with E-state index in [1.807, 2.05) is 6.07 Å². The van der Waals surface area contributed by atoms with E-state index in [-0.39, 0.29) is 0 Å². The highest BCUT2D eigenvalue weighted by atomic mass is 15.1. The summed E-state index contributed by atoms with van der Waals surface area (Å²) >= 11 is 0. The third-order valence-electron chi connectivity index (χ3n) is 3.16. The first kappa shape index (κ1) is 11.7. The molecule has 1 saturated heterocycles. The van der Waals surface area contributed by atoms with Crippen molar-refractivity contribution in [3.63, 3.8) is 0 Å². The summed E-state index contributed by atoms with van der Waals surface area (Å²) in [6.45, 7) is 2.21. The average molecular weight is 230 g/mol. The van der Waals surface area contributed by atoms with Crippen LogP contribution in [0.3, 0.4) is 0 Å². The lowest BCUT2D eigenvalue weighted by Crippen LogP contribution is -2.39. The lowest BCUT2D eigenvalue weighted by molar-refractivity contribution is 0.261. The molecule has 0 bridgehead atoms. The summed E-state index contributed by atoms with van der Waals surface area (Å²) in [7, 11) is 2.13. The largest absolute Gasteiger partial charge is 0.397 e. The van der Waals surface area contributed by atoms with Gasteiger partial charge in [-0.15, -0.1) is 0 Å². The van der Waals surface area contributed by atoms with E-state index >= 15 is 0 Å². The molecule has 0 spiro atoms. The summed E-state index contributed by atoms with van der Waals surface area (Å²) in [6.07, 6.45) is 2.38. The van der Waals surface area contributed by atoms with Crippen LogP contribution in [0.1, 0.15) is 18.4 Å². The van der Waals surface area contributed by atoms with Gasteiger partial charge >= 0.3 is 0 Å². The number of nitrogen functional groups attached to an aromatic ring is 1. The van der Waals surface area contributed by atoms with Crippen LogP contribution in [-0.2, 0) is 0 Å². The molecule has 1 heterocycles. The van der Waals surface area contributed by atoms with Crippen molar-refractivity contribution in [3.05, 3.63) is 23.8 Å². The van der Waals surface area contributed by atoms with Crippen LogP contribution >= 0.6 is 0 Å². The van der Waals surface area contributed by atoms with Gasteiger partial charge in [-0.2, -0.15) is 5.26 Å². The average Bonchev–Trinajstić information content (AvgIpc) is 2.32. The van der Waals surface area contributed by atoms with Crippen molar-refractivity contribution in [2.45, 2.75) is 18.9 Å². The number of nitrogens with one attached hydrogen (secondary N) is 1. The molecule has 0 amide bonds. The molecule has 4 nitrogen and oxygen atoms in total. The molecule has 1 aliphatic heterocycles. The maximum absolute atomic E-state index is 8.78. The van der Waals surface area contributed by atoms with Crippen molar-refractivity contribution in [3.8, 4) is 6.07 Å². The summed E-state index contributed by atoms with van der Waals surface area (Å²) in [6, 6.07) is 7.94. The Balaban J connectivity index is 2.06. The van der Waals surface area contributed by atoms with E-state index < -0.39 is 0 Å². The van der Waals surface area contributed by atoms with Gasteiger partial charge in [-0.25, -0.2) is 0 Å². The number of likely N-dealkylation sites (N-methyl/N-ethyl adjacent to an activating group) is 1. The Bertz CT molecular complexity index is 436. The normalized spacial score (nSPS) is 20.8. The van der Waals surface area contributed by atoms with E-state index in [2.05, 4.69) is 23.3 Å². The minimum atomic E-state index is 0.448. The lowest BCUT2D eigenvalue weighted by Gasteiger charge is -2.31. The Labute approximate surface area is 102 Å². The van der Waals surface area contributed by atoms with Gasteiger partial charge in [0.1, 0.15) is 0 Å². The molecule has 1 aromatic carbocycles. The Morgan fingerprint density at radius 2 is 2.35 bits per heavy atom. The standard InChI is InChI=1S/C13H18N4/c1-17-6-2-3-11(9-17)16-13-5-4-10(8-14)7-12(13)15/h4-5,7,11,16H,2-3,6,9,15H2,1H3. The molecule has 0 saturated carbocycles. The number of anilines is 2. The number of benzene rings is 1. The van der Waals surface area contributed by atoms with Crippen LogP contribution in [0.15, 0.2) is 18.2 Å². The van der Waals surface area contributed by atoms with Crippen LogP contribution in [0.2, 0.25) is 0 Å². The zero-order chi connectivity index (χ0) is 12.3. The first-order valence-corrected chi connectivity index (χ1v) is 5.94. The highest BCUT2D eigenvalue weighted by Gasteiger charge is 2.17. The van der Waals surface area contributed by atoms with Crippen molar-refractivity contribution in [1.29, 1.82) is 5.26 Å². The minimum absolute atomic E-state index is 0.448. The van der Waals surface area contributed by atoms with Gasteiger partial charge in [0.05, 0.1) is 23.0 Å². The van der Waals surface area contributed by atoms with E-state index in [1.54, 1.807) is 12.1 Å². The van der Waals surface area contributed by atoms with Crippen LogP contribution in [0.25, 0.3) is 0 Å². The number of nitrogens with zero attached hydrogens (tertiary/aromatic N) is 2. The van der Waals surface area contributed by atoms with Gasteiger partial charge in [-0.3, -0.25) is 0 Å². The Kier molecular flexibility index (Phi) is 3.50. The van der Waals surface area contributed by atoms with Gasteiger partial charge < -0.3 is 16.0 Å². The second kappa shape index (κ2) is 5.07. The molecule has 0 aromatic heterocycles. The predicted molar refractivity (Wildman–Crippen MR) is 69.7 cm³/mol. The fourth-order valence-corrected chi connectivity index (χ4v) is 2.27. The molecule has 17 heavy (non-hydrogen) atoms. The molecule has 0 aliphatic carbocycles. The van der Waals surface area contributed by atoms with Crippen molar-refractivity contribution in [1.82, 2.24) is 4.90 Å². The summed E-state index contributed by atoms with van der Waals surface area (Å²) in [4.78, 5) is 2.32. The molecule has 2 rings (SSSR count). The molecule has 1 unspecified atom stereocenters. The molecule has 90 valence electrons. The molecule has 1 atom stereocenters. The second-order valence-corrected chi connectivity index (χ2v) is 4.66. The molecule has 3 N–H and O–H groups in total. The van der Waals surface area contributed by atoms with Gasteiger partial charge in [-0.1, -0.05) is 0 Å². The summed E-state index contributed by atoms with van der Waals surface area (Å²) in [5.74, 6) is 0. The number of nitriles is 1. The van der Waals surface area contributed by atoms with Crippen LogP contribution in [0.4, 0.5) is 11.4 Å². The molecule has 0 radical (unpaired) electrons. The topological polar surface area (TPSA) is 65.1 Å². The second-order valence-electron chi connectivity index (χ2n) is 4.66. The van der Waals surface area contributed by atoms with Crippen LogP contribution < -0.4 is 11.1 Å². The van der Waals surface area contributed by atoms with Gasteiger partial charge in [0.25, 0.3) is 0 Å². The van der Waals surface area contributed by atoms with Gasteiger partial charge in [-0.05, 0) is 44.6 Å². The number of nitrogens with two attached hydrogens (primary N) is 1. The van der Waals surface area contributed by atoms with Crippen LogP contribution in [0, 0.1) is 11.3 Å². The van der Waals surface area contributed by atoms with Crippen molar-refractivity contribution < 1.29 is 0 Å². The van der Waals surface area contributed by atoms with Gasteiger partial charge in [0, 0.05) is 12.6 Å². The summed E-state index contributed by atoms with van der Waals surface area (Å²) in [5, 5.41) is 12.2. The van der Waals surface area contributed by atoms with Crippen molar-refractivity contribution >= 4 is 11.4 Å². The van der Waals surface area contributed by atoms with E-state index in [0.717, 1.165) is 12.2 Å². The molecular weight excluding hydrogens is 212 g/mol. The summed E-state index contributed by atoms with van der Waals surface area (Å²) in [5.41, 5.74) is 8.11. The Morgan fingerprint density at radius 1 is 1.53 bits per heavy atom. The quantitative estimate of drug-likeness (QED) is 0.758. The van der Waals surface area contributed by atoms with Crippen LogP contribution in [-0.4, -0.2) is 31.1 Å². The van der Waals surface area contributed by atoms with Crippen molar-refractivity contribution in [2.75, 3.05) is 31.2 Å². The number of likely N-dealkylation sites (tertiary alicyclic amines) is 1. The first-order valence-electron chi connectivity index (χ1n) is 5.94. The van der Waals surface area contributed by atoms with E-state index in [1.165, 1.54) is 19.4 Å². The van der Waals surface area contributed by atoms with E-state index in [0.29, 0.717) is 17.3 Å². The lowest BCUT2D eigenvalue weighted by atomic mass is 10.1. The number of piperidine rings is 1. The number of hydrogen-bond acceptors (Lipinski definition) is 4. The zero-order valence-electron chi connectivity index (χ0n) is 10.1. The molecule has 4 heteroatoms. The fraction of sp³-hybridized carbons (Fsp3) is 0.462. The third-order valence-corrected chi connectivity index (χ3v) is 3.16.